The van der Waals surface area contributed by atoms with E-state index in [0.717, 1.165) is 5.56 Å². The minimum Gasteiger partial charge on any atom is -0.340 e. The van der Waals surface area contributed by atoms with Crippen LogP contribution in [0.15, 0.2) is 42.5 Å². The third-order valence-electron chi connectivity index (χ3n) is 3.49. The summed E-state index contributed by atoms with van der Waals surface area (Å²) < 4.78 is 13.1. The summed E-state index contributed by atoms with van der Waals surface area (Å²) in [4.78, 5) is 24.2. The summed E-state index contributed by atoms with van der Waals surface area (Å²) in [6.45, 7) is 0. The van der Waals surface area contributed by atoms with Gasteiger partial charge in [-0.25, -0.2) is 4.39 Å². The smallest absolute Gasteiger partial charge is 0.252 e. The molecule has 0 radical (unpaired) electrons. The Hall–Kier alpha value is -2.40. The fourth-order valence-electron chi connectivity index (χ4n) is 2.39. The van der Waals surface area contributed by atoms with Crippen molar-refractivity contribution >= 4 is 29.1 Å². The zero-order valence-electron chi connectivity index (χ0n) is 11.4. The molecule has 2 N–H and O–H groups in total. The molecule has 1 aliphatic rings. The lowest BCUT2D eigenvalue weighted by molar-refractivity contribution is -0.118. The topological polar surface area (TPSA) is 58.2 Å². The maximum absolute atomic E-state index is 13.1. The van der Waals surface area contributed by atoms with E-state index in [1.54, 1.807) is 12.1 Å². The van der Waals surface area contributed by atoms with Crippen molar-refractivity contribution in [2.24, 2.45) is 0 Å². The second-order valence-corrected chi connectivity index (χ2v) is 5.41. The van der Waals surface area contributed by atoms with Crippen LogP contribution in [0.25, 0.3) is 0 Å². The third-order valence-corrected chi connectivity index (χ3v) is 3.78. The number of anilines is 1. The number of amides is 2. The summed E-state index contributed by atoms with van der Waals surface area (Å²) in [6.07, 6.45) is 0.405. The van der Waals surface area contributed by atoms with E-state index < -0.39 is 11.9 Å². The Bertz CT molecular complexity index is 764. The standard InChI is InChI=1S/C16H12ClFN2O2/c17-12-8-10(5-6-13(12)18)19-16(22)14-7-9-3-1-2-4-11(9)15(21)20-14/h1-6,8,14H,7H2,(H,19,22)(H,20,21). The summed E-state index contributed by atoms with van der Waals surface area (Å²) in [5.74, 6) is -1.20. The SMILES string of the molecule is O=C1NC(C(=O)Nc2ccc(F)c(Cl)c2)Cc2ccccc21. The molecule has 1 heterocycles. The molecule has 4 nitrogen and oxygen atoms in total. The molecular weight excluding hydrogens is 307 g/mol. The summed E-state index contributed by atoms with van der Waals surface area (Å²) in [6, 6.07) is 10.4. The first-order chi connectivity index (χ1) is 10.5. The molecule has 1 atom stereocenters. The first-order valence-electron chi connectivity index (χ1n) is 6.69. The van der Waals surface area contributed by atoms with E-state index in [1.807, 2.05) is 12.1 Å². The molecule has 0 saturated heterocycles. The van der Waals surface area contributed by atoms with Crippen LogP contribution in [0.4, 0.5) is 10.1 Å². The molecule has 2 amide bonds. The minimum absolute atomic E-state index is 0.0733. The van der Waals surface area contributed by atoms with Crippen molar-refractivity contribution < 1.29 is 14.0 Å². The first kappa shape index (κ1) is 14.5. The molecule has 112 valence electrons. The van der Waals surface area contributed by atoms with E-state index in [0.29, 0.717) is 17.7 Å². The highest BCUT2D eigenvalue weighted by Crippen LogP contribution is 2.21. The number of hydrogen-bond donors (Lipinski definition) is 2. The van der Waals surface area contributed by atoms with Gasteiger partial charge in [0.25, 0.3) is 5.91 Å². The second kappa shape index (κ2) is 5.77. The molecule has 0 bridgehead atoms. The number of rotatable bonds is 2. The third kappa shape index (κ3) is 2.80. The highest BCUT2D eigenvalue weighted by atomic mass is 35.5. The Balaban J connectivity index is 1.76. The zero-order valence-corrected chi connectivity index (χ0v) is 12.2. The monoisotopic (exact) mass is 318 g/mol. The molecule has 0 saturated carbocycles. The molecule has 0 aliphatic carbocycles. The summed E-state index contributed by atoms with van der Waals surface area (Å²) in [7, 11) is 0. The van der Waals surface area contributed by atoms with Crippen molar-refractivity contribution in [2.75, 3.05) is 5.32 Å². The van der Waals surface area contributed by atoms with Gasteiger partial charge in [-0.05, 0) is 29.8 Å². The van der Waals surface area contributed by atoms with Gasteiger partial charge in [-0.15, -0.1) is 0 Å². The van der Waals surface area contributed by atoms with Crippen molar-refractivity contribution in [3.63, 3.8) is 0 Å². The predicted molar refractivity (Wildman–Crippen MR) is 81.4 cm³/mol. The number of carbonyl (C=O) groups excluding carboxylic acids is 2. The van der Waals surface area contributed by atoms with Crippen molar-refractivity contribution in [2.45, 2.75) is 12.5 Å². The molecule has 0 aromatic heterocycles. The molecule has 6 heteroatoms. The van der Waals surface area contributed by atoms with E-state index in [9.17, 15) is 14.0 Å². The minimum atomic E-state index is -0.675. The number of benzene rings is 2. The van der Waals surface area contributed by atoms with Gasteiger partial charge in [-0.1, -0.05) is 29.8 Å². The van der Waals surface area contributed by atoms with E-state index in [4.69, 9.17) is 11.6 Å². The van der Waals surface area contributed by atoms with Crippen LogP contribution in [0.2, 0.25) is 5.02 Å². The van der Waals surface area contributed by atoms with Gasteiger partial charge >= 0.3 is 0 Å². The number of hydrogen-bond acceptors (Lipinski definition) is 2. The Morgan fingerprint density at radius 2 is 2.05 bits per heavy atom. The van der Waals surface area contributed by atoms with E-state index in [1.165, 1.54) is 18.2 Å². The lowest BCUT2D eigenvalue weighted by atomic mass is 9.95. The van der Waals surface area contributed by atoms with E-state index in [2.05, 4.69) is 10.6 Å². The van der Waals surface area contributed by atoms with Crippen LogP contribution in [0, 0.1) is 5.82 Å². The highest BCUT2D eigenvalue weighted by molar-refractivity contribution is 6.31. The van der Waals surface area contributed by atoms with Crippen LogP contribution in [-0.4, -0.2) is 17.9 Å². The van der Waals surface area contributed by atoms with Crippen LogP contribution in [0.1, 0.15) is 15.9 Å². The van der Waals surface area contributed by atoms with E-state index >= 15 is 0 Å². The first-order valence-corrected chi connectivity index (χ1v) is 7.07. The Kier molecular flexibility index (Phi) is 3.81. The predicted octanol–water partition coefficient (Wildman–Crippen LogP) is 2.77. The van der Waals surface area contributed by atoms with Gasteiger partial charge in [0.15, 0.2) is 0 Å². The van der Waals surface area contributed by atoms with Crippen LogP contribution in [0.3, 0.4) is 0 Å². The van der Waals surface area contributed by atoms with E-state index in [-0.39, 0.29) is 16.8 Å². The molecule has 22 heavy (non-hydrogen) atoms. The maximum atomic E-state index is 13.1. The van der Waals surface area contributed by atoms with Crippen molar-refractivity contribution in [3.05, 3.63) is 64.4 Å². The molecule has 3 rings (SSSR count). The quantitative estimate of drug-likeness (QED) is 0.894. The number of halogens is 2. The average Bonchev–Trinajstić information content (AvgIpc) is 2.51. The lowest BCUT2D eigenvalue weighted by Gasteiger charge is -2.24. The zero-order chi connectivity index (χ0) is 15.7. The number of fused-ring (bicyclic) bond motifs is 1. The van der Waals surface area contributed by atoms with Crippen molar-refractivity contribution in [1.82, 2.24) is 5.32 Å². The number of carbonyl (C=O) groups is 2. The molecule has 0 spiro atoms. The Morgan fingerprint density at radius 1 is 1.27 bits per heavy atom. The van der Waals surface area contributed by atoms with Crippen LogP contribution >= 0.6 is 11.6 Å². The van der Waals surface area contributed by atoms with Crippen LogP contribution in [0.5, 0.6) is 0 Å². The molecule has 1 aliphatic heterocycles. The van der Waals surface area contributed by atoms with Gasteiger partial charge in [-0.2, -0.15) is 0 Å². The Labute approximate surface area is 131 Å². The fraction of sp³-hybridized carbons (Fsp3) is 0.125. The maximum Gasteiger partial charge on any atom is 0.252 e. The summed E-state index contributed by atoms with van der Waals surface area (Å²) >= 11 is 5.68. The molecule has 2 aromatic rings. The number of nitrogens with one attached hydrogen (secondary N) is 2. The van der Waals surface area contributed by atoms with Gasteiger partial charge in [0.05, 0.1) is 5.02 Å². The van der Waals surface area contributed by atoms with Crippen molar-refractivity contribution in [3.8, 4) is 0 Å². The molecule has 1 unspecified atom stereocenters. The normalized spacial score (nSPS) is 16.6. The van der Waals surface area contributed by atoms with Gasteiger partial charge in [0.2, 0.25) is 5.91 Å². The average molecular weight is 319 g/mol. The van der Waals surface area contributed by atoms with Crippen molar-refractivity contribution in [1.29, 1.82) is 0 Å². The molecule has 2 aromatic carbocycles. The van der Waals surface area contributed by atoms with Gasteiger partial charge in [0, 0.05) is 17.7 Å². The molecular formula is C16H12ClFN2O2. The van der Waals surface area contributed by atoms with Gasteiger partial charge < -0.3 is 10.6 Å². The lowest BCUT2D eigenvalue weighted by Crippen LogP contribution is -2.48. The Morgan fingerprint density at radius 3 is 2.82 bits per heavy atom. The summed E-state index contributed by atoms with van der Waals surface area (Å²) in [5, 5.41) is 5.21. The van der Waals surface area contributed by atoms with Crippen LogP contribution < -0.4 is 10.6 Å². The largest absolute Gasteiger partial charge is 0.340 e. The van der Waals surface area contributed by atoms with Gasteiger partial charge in [-0.3, -0.25) is 9.59 Å². The van der Waals surface area contributed by atoms with Gasteiger partial charge in [0.1, 0.15) is 11.9 Å². The highest BCUT2D eigenvalue weighted by Gasteiger charge is 2.28. The summed E-state index contributed by atoms with van der Waals surface area (Å²) in [5.41, 5.74) is 1.78. The molecule has 0 fully saturated rings. The second-order valence-electron chi connectivity index (χ2n) is 5.01. The fourth-order valence-corrected chi connectivity index (χ4v) is 2.57. The van der Waals surface area contributed by atoms with Crippen LogP contribution in [-0.2, 0) is 11.2 Å².